The Kier molecular flexibility index (Phi) is 4.89. The van der Waals surface area contributed by atoms with Crippen LogP contribution < -0.4 is 0 Å². The Balaban J connectivity index is 1.58. The fourth-order valence-corrected chi connectivity index (χ4v) is 2.44. The number of nitro groups is 1. The van der Waals surface area contributed by atoms with Crippen molar-refractivity contribution in [3.63, 3.8) is 0 Å². The Labute approximate surface area is 148 Å². The highest BCUT2D eigenvalue weighted by Gasteiger charge is 2.13. The van der Waals surface area contributed by atoms with E-state index in [1.165, 1.54) is 36.4 Å². The van der Waals surface area contributed by atoms with Gasteiger partial charge in [0.2, 0.25) is 5.78 Å². The fraction of sp³-hybridized carbons (Fsp3) is 0.0526. The van der Waals surface area contributed by atoms with Gasteiger partial charge < -0.3 is 9.72 Å². The van der Waals surface area contributed by atoms with Crippen LogP contribution in [0.2, 0.25) is 0 Å². The lowest BCUT2D eigenvalue weighted by molar-refractivity contribution is -0.384. The molecule has 1 aromatic heterocycles. The van der Waals surface area contributed by atoms with Gasteiger partial charge in [0.15, 0.2) is 6.61 Å². The molecule has 7 heteroatoms. The number of hydrogen-bond donors (Lipinski definition) is 1. The molecule has 0 aliphatic carbocycles. The molecule has 1 heterocycles. The lowest BCUT2D eigenvalue weighted by Gasteiger charge is -2.01. The Bertz CT molecular complexity index is 1000. The number of nitrogens with one attached hydrogen (secondary N) is 1. The molecule has 1 N–H and O–H groups in total. The molecule has 0 bridgehead atoms. The SMILES string of the molecule is O=C(C=Cc1ccc([N+](=O)[O-])cc1)OCC(=O)c1c[nH]c2ccccc12. The van der Waals surface area contributed by atoms with Gasteiger partial charge in [-0.05, 0) is 29.8 Å². The number of rotatable bonds is 6. The quantitative estimate of drug-likeness (QED) is 0.241. The van der Waals surface area contributed by atoms with E-state index in [0.717, 1.165) is 10.9 Å². The number of para-hydroxylation sites is 1. The number of non-ortho nitro benzene ring substituents is 1. The molecule has 0 saturated carbocycles. The summed E-state index contributed by atoms with van der Waals surface area (Å²) in [6.45, 7) is -0.370. The number of carbonyl (C=O) groups is 2. The number of aromatic nitrogens is 1. The Morgan fingerprint density at radius 3 is 2.58 bits per heavy atom. The van der Waals surface area contributed by atoms with Gasteiger partial charge in [-0.25, -0.2) is 4.79 Å². The standard InChI is InChI=1S/C19H14N2O5/c22-18(16-11-20-17-4-2-1-3-15(16)17)12-26-19(23)10-7-13-5-8-14(9-6-13)21(24)25/h1-11,20H,12H2. The number of esters is 1. The van der Waals surface area contributed by atoms with Crippen LogP contribution in [0.15, 0.2) is 60.8 Å². The second-order valence-electron chi connectivity index (χ2n) is 5.46. The molecule has 0 spiro atoms. The van der Waals surface area contributed by atoms with Crippen LogP contribution in [0.4, 0.5) is 5.69 Å². The van der Waals surface area contributed by atoms with Gasteiger partial charge in [0.25, 0.3) is 5.69 Å². The summed E-state index contributed by atoms with van der Waals surface area (Å²) in [5.74, 6) is -0.976. The Hall–Kier alpha value is -3.74. The van der Waals surface area contributed by atoms with Crippen molar-refractivity contribution in [2.24, 2.45) is 0 Å². The second kappa shape index (κ2) is 7.43. The molecule has 0 radical (unpaired) electrons. The highest BCUT2D eigenvalue weighted by Crippen LogP contribution is 2.18. The molecule has 0 aliphatic heterocycles. The molecular formula is C19H14N2O5. The smallest absolute Gasteiger partial charge is 0.331 e. The molecule has 3 aromatic rings. The topological polar surface area (TPSA) is 102 Å². The van der Waals surface area contributed by atoms with Crippen LogP contribution in [0.5, 0.6) is 0 Å². The van der Waals surface area contributed by atoms with Crippen LogP contribution in [0, 0.1) is 10.1 Å². The lowest BCUT2D eigenvalue weighted by Crippen LogP contribution is -2.12. The number of H-pyrrole nitrogens is 1. The zero-order valence-electron chi connectivity index (χ0n) is 13.5. The van der Waals surface area contributed by atoms with Crippen molar-refractivity contribution in [1.82, 2.24) is 4.98 Å². The molecule has 0 aliphatic rings. The first kappa shape index (κ1) is 17.1. The molecule has 3 rings (SSSR count). The minimum atomic E-state index is -0.670. The average molecular weight is 350 g/mol. The summed E-state index contributed by atoms with van der Waals surface area (Å²) in [5, 5.41) is 11.4. The first-order valence-electron chi connectivity index (χ1n) is 7.73. The zero-order valence-corrected chi connectivity index (χ0v) is 13.5. The molecule has 26 heavy (non-hydrogen) atoms. The normalized spacial score (nSPS) is 10.9. The summed E-state index contributed by atoms with van der Waals surface area (Å²) in [7, 11) is 0. The number of ketones is 1. The summed E-state index contributed by atoms with van der Waals surface area (Å²) < 4.78 is 4.96. The monoisotopic (exact) mass is 350 g/mol. The second-order valence-corrected chi connectivity index (χ2v) is 5.46. The van der Waals surface area contributed by atoms with E-state index in [2.05, 4.69) is 4.98 Å². The molecule has 130 valence electrons. The van der Waals surface area contributed by atoms with Crippen molar-refractivity contribution < 1.29 is 19.2 Å². The summed E-state index contributed by atoms with van der Waals surface area (Å²) in [5.41, 5.74) is 1.87. The highest BCUT2D eigenvalue weighted by molar-refractivity contribution is 6.09. The van der Waals surface area contributed by atoms with Crippen molar-refractivity contribution in [2.45, 2.75) is 0 Å². The summed E-state index contributed by atoms with van der Waals surface area (Å²) in [6.07, 6.45) is 4.22. The van der Waals surface area contributed by atoms with Gasteiger partial charge >= 0.3 is 5.97 Å². The maximum atomic E-state index is 12.2. The third-order valence-corrected chi connectivity index (χ3v) is 3.75. The third kappa shape index (κ3) is 3.84. The van der Waals surface area contributed by atoms with E-state index in [9.17, 15) is 19.7 Å². The van der Waals surface area contributed by atoms with E-state index >= 15 is 0 Å². The first-order valence-corrected chi connectivity index (χ1v) is 7.73. The van der Waals surface area contributed by atoms with E-state index in [1.54, 1.807) is 6.20 Å². The van der Waals surface area contributed by atoms with Crippen molar-refractivity contribution >= 4 is 34.4 Å². The number of hydrogen-bond acceptors (Lipinski definition) is 5. The molecular weight excluding hydrogens is 336 g/mol. The van der Waals surface area contributed by atoms with E-state index in [1.807, 2.05) is 24.3 Å². The van der Waals surface area contributed by atoms with Crippen LogP contribution in [-0.2, 0) is 9.53 Å². The number of carbonyl (C=O) groups excluding carboxylic acids is 2. The van der Waals surface area contributed by atoms with Crippen LogP contribution in [-0.4, -0.2) is 28.3 Å². The predicted octanol–water partition coefficient (Wildman–Crippen LogP) is 3.52. The minimum absolute atomic E-state index is 0.0333. The third-order valence-electron chi connectivity index (χ3n) is 3.75. The van der Waals surface area contributed by atoms with Gasteiger partial charge in [0, 0.05) is 40.9 Å². The Morgan fingerprint density at radius 2 is 1.85 bits per heavy atom. The van der Waals surface area contributed by atoms with E-state index in [0.29, 0.717) is 11.1 Å². The van der Waals surface area contributed by atoms with Crippen molar-refractivity contribution in [3.8, 4) is 0 Å². The number of fused-ring (bicyclic) bond motifs is 1. The van der Waals surface area contributed by atoms with Gasteiger partial charge in [0.1, 0.15) is 0 Å². The minimum Gasteiger partial charge on any atom is -0.454 e. The number of Topliss-reactive ketones (excluding diaryl/α,β-unsaturated/α-hetero) is 1. The van der Waals surface area contributed by atoms with Crippen molar-refractivity contribution in [1.29, 1.82) is 0 Å². The lowest BCUT2D eigenvalue weighted by atomic mass is 10.1. The van der Waals surface area contributed by atoms with E-state index in [4.69, 9.17) is 4.74 Å². The number of aromatic amines is 1. The van der Waals surface area contributed by atoms with Crippen LogP contribution in [0.25, 0.3) is 17.0 Å². The maximum Gasteiger partial charge on any atom is 0.331 e. The van der Waals surface area contributed by atoms with Gasteiger partial charge in [-0.1, -0.05) is 18.2 Å². The van der Waals surface area contributed by atoms with Crippen LogP contribution >= 0.6 is 0 Å². The molecule has 0 atom stereocenters. The van der Waals surface area contributed by atoms with Gasteiger partial charge in [-0.3, -0.25) is 14.9 Å². The van der Waals surface area contributed by atoms with Crippen molar-refractivity contribution in [3.05, 3.63) is 82.0 Å². The van der Waals surface area contributed by atoms with Crippen LogP contribution in [0.1, 0.15) is 15.9 Å². The first-order chi connectivity index (χ1) is 12.5. The van der Waals surface area contributed by atoms with Crippen LogP contribution in [0.3, 0.4) is 0 Å². The Morgan fingerprint density at radius 1 is 1.12 bits per heavy atom. The summed E-state index contributed by atoms with van der Waals surface area (Å²) in [4.78, 5) is 37.0. The molecule has 7 nitrogen and oxygen atoms in total. The van der Waals surface area contributed by atoms with Gasteiger partial charge in [-0.15, -0.1) is 0 Å². The van der Waals surface area contributed by atoms with E-state index < -0.39 is 10.9 Å². The highest BCUT2D eigenvalue weighted by atomic mass is 16.6. The predicted molar refractivity (Wildman–Crippen MR) is 95.7 cm³/mol. The zero-order chi connectivity index (χ0) is 18.5. The van der Waals surface area contributed by atoms with Crippen molar-refractivity contribution in [2.75, 3.05) is 6.61 Å². The summed E-state index contributed by atoms with van der Waals surface area (Å²) in [6, 6.07) is 13.1. The fourth-order valence-electron chi connectivity index (χ4n) is 2.44. The maximum absolute atomic E-state index is 12.2. The molecule has 0 fully saturated rings. The molecule has 0 unspecified atom stereocenters. The van der Waals surface area contributed by atoms with E-state index in [-0.39, 0.29) is 18.1 Å². The van der Waals surface area contributed by atoms with Gasteiger partial charge in [-0.2, -0.15) is 0 Å². The average Bonchev–Trinajstić information content (AvgIpc) is 3.09. The number of benzene rings is 2. The summed E-state index contributed by atoms with van der Waals surface area (Å²) >= 11 is 0. The largest absolute Gasteiger partial charge is 0.454 e. The number of ether oxygens (including phenoxy) is 1. The molecule has 2 aromatic carbocycles. The molecule has 0 amide bonds. The number of nitrogens with zero attached hydrogens (tertiary/aromatic N) is 1. The van der Waals surface area contributed by atoms with Gasteiger partial charge in [0.05, 0.1) is 4.92 Å². The molecule has 0 saturated heterocycles. The number of nitro benzene ring substituents is 1.